The van der Waals surface area contributed by atoms with E-state index in [2.05, 4.69) is 4.18 Å². The van der Waals surface area contributed by atoms with Crippen molar-refractivity contribution in [2.24, 2.45) is 0 Å². The second kappa shape index (κ2) is 8.11. The van der Waals surface area contributed by atoms with E-state index in [9.17, 15) is 26.2 Å². The van der Waals surface area contributed by atoms with Crippen LogP contribution in [0.5, 0.6) is 5.75 Å². The van der Waals surface area contributed by atoms with Crippen molar-refractivity contribution in [1.29, 1.82) is 0 Å². The van der Waals surface area contributed by atoms with Gasteiger partial charge in [0, 0.05) is 16.0 Å². The quantitative estimate of drug-likeness (QED) is 0.238. The number of alkyl halides is 3. The molecule has 4 rings (SSSR count). The molecule has 0 N–H and O–H groups in total. The van der Waals surface area contributed by atoms with Crippen molar-refractivity contribution in [3.05, 3.63) is 97.1 Å². The predicted molar refractivity (Wildman–Crippen MR) is 119 cm³/mol. The highest BCUT2D eigenvalue weighted by atomic mass is 32.2. The van der Waals surface area contributed by atoms with Gasteiger partial charge in [-0.3, -0.25) is 0 Å². The average molecular weight is 476 g/mol. The average Bonchev–Trinajstić information content (AvgIpc) is 2.79. The minimum atomic E-state index is -6.01. The Labute approximate surface area is 182 Å². The molecule has 9 heteroatoms. The molecule has 0 fully saturated rings. The lowest BCUT2D eigenvalue weighted by molar-refractivity contribution is -0.0499. The molecule has 0 spiro atoms. The number of fused-ring (bicyclic) bond motifs is 1. The molecule has 0 unspecified atom stereocenters. The van der Waals surface area contributed by atoms with Gasteiger partial charge in [-0.25, -0.2) is 0 Å². The lowest BCUT2D eigenvalue weighted by atomic mass is 10.1. The third-order valence-corrected chi connectivity index (χ3v) is 8.95. The third kappa shape index (κ3) is 3.80. The van der Waals surface area contributed by atoms with Crippen molar-refractivity contribution in [2.45, 2.75) is 5.51 Å². The number of hydrogen-bond donors (Lipinski definition) is 0. The fourth-order valence-electron chi connectivity index (χ4n) is 3.43. The van der Waals surface area contributed by atoms with E-state index in [1.54, 1.807) is 78.9 Å². The van der Waals surface area contributed by atoms with Gasteiger partial charge in [-0.15, -0.1) is 0 Å². The summed E-state index contributed by atoms with van der Waals surface area (Å²) in [7, 11) is -9.82. The van der Waals surface area contributed by atoms with Crippen LogP contribution in [-0.2, 0) is 14.7 Å². The summed E-state index contributed by atoms with van der Waals surface area (Å²) in [5.74, 6) is -0.600. The molecule has 4 aromatic rings. The Hall–Kier alpha value is -3.09. The first-order valence-corrected chi connectivity index (χ1v) is 12.5. The van der Waals surface area contributed by atoms with Crippen LogP contribution in [0.4, 0.5) is 13.2 Å². The van der Waals surface area contributed by atoms with Crippen LogP contribution in [0.3, 0.4) is 0 Å². The highest BCUT2D eigenvalue weighted by Crippen LogP contribution is 2.47. The van der Waals surface area contributed by atoms with Crippen molar-refractivity contribution in [1.82, 2.24) is 0 Å². The molecule has 0 saturated heterocycles. The van der Waals surface area contributed by atoms with E-state index in [1.165, 1.54) is 18.2 Å². The summed E-state index contributed by atoms with van der Waals surface area (Å²) >= 11 is 0. The molecule has 4 nitrogen and oxygen atoms in total. The zero-order chi connectivity index (χ0) is 23.0. The molecule has 0 radical (unpaired) electrons. The van der Waals surface area contributed by atoms with Crippen LogP contribution in [0.1, 0.15) is 0 Å². The molecule has 0 bridgehead atoms. The van der Waals surface area contributed by atoms with Crippen molar-refractivity contribution in [3.8, 4) is 5.75 Å². The van der Waals surface area contributed by atoms with E-state index in [0.29, 0.717) is 16.0 Å². The molecular weight excluding hydrogens is 460 g/mol. The van der Waals surface area contributed by atoms with E-state index >= 15 is 0 Å². The van der Waals surface area contributed by atoms with Gasteiger partial charge in [0.1, 0.15) is 0 Å². The number of hydrogen-bond acceptors (Lipinski definition) is 4. The molecule has 32 heavy (non-hydrogen) atoms. The van der Waals surface area contributed by atoms with Crippen molar-refractivity contribution >= 4 is 43.9 Å². The standard InChI is InChI=1S/C23H16F3O4PS/c24-23(25,26)32(28,29)30-22-20-14-8-7-9-17(20)15-16-21(22)31(27,18-10-3-1-4-11-18)19-12-5-2-6-13-19/h1-16H. The summed E-state index contributed by atoms with van der Waals surface area (Å²) in [4.78, 5) is 0. The van der Waals surface area contributed by atoms with Crippen molar-refractivity contribution < 1.29 is 30.3 Å². The van der Waals surface area contributed by atoms with E-state index in [-0.39, 0.29) is 10.7 Å². The lowest BCUT2D eigenvalue weighted by Gasteiger charge is -2.23. The third-order valence-electron chi connectivity index (χ3n) is 4.91. The van der Waals surface area contributed by atoms with Crippen molar-refractivity contribution in [3.63, 3.8) is 0 Å². The molecule has 0 aliphatic carbocycles. The smallest absolute Gasteiger partial charge is 0.375 e. The highest BCUT2D eigenvalue weighted by Gasteiger charge is 2.49. The Morgan fingerprint density at radius 3 is 1.72 bits per heavy atom. The molecule has 4 aromatic carbocycles. The van der Waals surface area contributed by atoms with Gasteiger partial charge in [-0.1, -0.05) is 91.0 Å². The Bertz CT molecular complexity index is 1380. The monoisotopic (exact) mass is 476 g/mol. The largest absolute Gasteiger partial charge is 0.534 e. The first-order chi connectivity index (χ1) is 15.1. The van der Waals surface area contributed by atoms with Crippen LogP contribution in [-0.4, -0.2) is 13.9 Å². The summed E-state index contributed by atoms with van der Waals surface area (Å²) in [6, 6.07) is 25.5. The maximum atomic E-state index is 14.7. The summed E-state index contributed by atoms with van der Waals surface area (Å²) in [5, 5.41) is 1.06. The Morgan fingerprint density at radius 2 is 1.19 bits per heavy atom. The highest BCUT2D eigenvalue weighted by molar-refractivity contribution is 7.88. The lowest BCUT2D eigenvalue weighted by Crippen LogP contribution is -2.32. The molecule has 0 aromatic heterocycles. The van der Waals surface area contributed by atoms with Crippen LogP contribution in [0, 0.1) is 0 Å². The van der Waals surface area contributed by atoms with E-state index in [0.717, 1.165) is 0 Å². The number of rotatable bonds is 5. The van der Waals surface area contributed by atoms with Crippen LogP contribution in [0.25, 0.3) is 10.8 Å². The van der Waals surface area contributed by atoms with Gasteiger partial charge in [0.25, 0.3) is 0 Å². The van der Waals surface area contributed by atoms with Gasteiger partial charge in [0.2, 0.25) is 0 Å². The molecule has 0 aliphatic heterocycles. The Balaban J connectivity index is 2.10. The zero-order valence-electron chi connectivity index (χ0n) is 16.4. The molecule has 164 valence electrons. The van der Waals surface area contributed by atoms with Crippen LogP contribution < -0.4 is 20.1 Å². The SMILES string of the molecule is O=P(c1ccccc1)(c1ccccc1)c1ccc2ccccc2c1OS(=O)(=O)C(F)(F)F. The molecule has 0 amide bonds. The van der Waals surface area contributed by atoms with E-state index < -0.39 is 28.5 Å². The minimum absolute atomic E-state index is 0.102. The molecule has 0 heterocycles. The van der Waals surface area contributed by atoms with Gasteiger partial charge >= 0.3 is 15.6 Å². The first kappa shape index (κ1) is 22.1. The van der Waals surface area contributed by atoms with Gasteiger partial charge < -0.3 is 8.75 Å². The molecular formula is C23H16F3O4PS. The second-order valence-electron chi connectivity index (χ2n) is 6.90. The van der Waals surface area contributed by atoms with Crippen molar-refractivity contribution in [2.75, 3.05) is 0 Å². The fourth-order valence-corrected chi connectivity index (χ4v) is 6.76. The fraction of sp³-hybridized carbons (Fsp3) is 0.0435. The van der Waals surface area contributed by atoms with Gasteiger partial charge in [0.15, 0.2) is 12.9 Å². The van der Waals surface area contributed by atoms with Gasteiger partial charge in [-0.2, -0.15) is 21.6 Å². The predicted octanol–water partition coefficient (Wildman–Crippen LogP) is 4.71. The normalized spacial score (nSPS) is 12.6. The maximum Gasteiger partial charge on any atom is 0.534 e. The summed E-state index contributed by atoms with van der Waals surface area (Å²) in [6.45, 7) is 0. The molecule has 0 aliphatic rings. The van der Waals surface area contributed by atoms with Crippen LogP contribution in [0.15, 0.2) is 97.1 Å². The number of benzene rings is 4. The topological polar surface area (TPSA) is 60.4 Å². The minimum Gasteiger partial charge on any atom is -0.375 e. The molecule has 0 atom stereocenters. The van der Waals surface area contributed by atoms with Crippen LogP contribution >= 0.6 is 7.14 Å². The number of halogens is 3. The first-order valence-electron chi connectivity index (χ1n) is 9.39. The molecule has 0 saturated carbocycles. The van der Waals surface area contributed by atoms with Gasteiger partial charge in [0.05, 0.1) is 5.30 Å². The summed E-state index contributed by atoms with van der Waals surface area (Å²) in [6.07, 6.45) is 0. The van der Waals surface area contributed by atoms with Crippen LogP contribution in [0.2, 0.25) is 0 Å². The Morgan fingerprint density at radius 1 is 0.688 bits per heavy atom. The summed E-state index contributed by atoms with van der Waals surface area (Å²) < 4.78 is 82.9. The van der Waals surface area contributed by atoms with E-state index in [4.69, 9.17) is 0 Å². The second-order valence-corrected chi connectivity index (χ2v) is 11.2. The zero-order valence-corrected chi connectivity index (χ0v) is 18.1. The maximum absolute atomic E-state index is 14.7. The Kier molecular flexibility index (Phi) is 5.61. The summed E-state index contributed by atoms with van der Waals surface area (Å²) in [5.41, 5.74) is -5.65. The van der Waals surface area contributed by atoms with E-state index in [1.807, 2.05) is 0 Å². The van der Waals surface area contributed by atoms with Gasteiger partial charge in [-0.05, 0) is 11.5 Å².